The number of aromatic nitrogens is 4. The molecule has 2 aromatic rings. The van der Waals surface area contributed by atoms with E-state index < -0.39 is 10.0 Å². The number of hydrogen-bond donors (Lipinski definition) is 1. The summed E-state index contributed by atoms with van der Waals surface area (Å²) in [6, 6.07) is 3.42. The molecule has 2 aromatic heterocycles. The van der Waals surface area contributed by atoms with Crippen LogP contribution in [0.3, 0.4) is 0 Å². The molecule has 11 heteroatoms. The van der Waals surface area contributed by atoms with E-state index in [2.05, 4.69) is 25.4 Å². The molecule has 0 aromatic carbocycles. The lowest BCUT2D eigenvalue weighted by Crippen LogP contribution is -2.49. The standard InChI is InChI=1S/C15H21N7O3S/c1-26(24,25)22-8-6-20(7-9-22)5-4-16-15(23)13-2-3-14(17-10-13)21-11-18-19-12-21/h2-3,10-12H,4-9H2,1H3,(H,16,23). The Bertz CT molecular complexity index is 829. The predicted octanol–water partition coefficient (Wildman–Crippen LogP) is -1.03. The first-order valence-electron chi connectivity index (χ1n) is 8.20. The lowest BCUT2D eigenvalue weighted by Gasteiger charge is -2.33. The third kappa shape index (κ3) is 4.62. The molecule has 0 saturated carbocycles. The number of amides is 1. The molecular formula is C15H21N7O3S. The number of nitrogens with one attached hydrogen (secondary N) is 1. The SMILES string of the molecule is CS(=O)(=O)N1CCN(CCNC(=O)c2ccc(-n3cnnc3)nc2)CC1. The van der Waals surface area contributed by atoms with E-state index in [-0.39, 0.29) is 5.91 Å². The number of rotatable bonds is 6. The van der Waals surface area contributed by atoms with E-state index in [1.165, 1.54) is 29.4 Å². The zero-order valence-corrected chi connectivity index (χ0v) is 15.3. The van der Waals surface area contributed by atoms with Crippen molar-refractivity contribution in [3.63, 3.8) is 0 Å². The maximum atomic E-state index is 12.2. The van der Waals surface area contributed by atoms with Crippen molar-refractivity contribution in [3.05, 3.63) is 36.5 Å². The van der Waals surface area contributed by atoms with Gasteiger partial charge < -0.3 is 5.32 Å². The van der Waals surface area contributed by atoms with Gasteiger partial charge in [0.15, 0.2) is 0 Å². The molecule has 0 bridgehead atoms. The number of sulfonamides is 1. The van der Waals surface area contributed by atoms with Gasteiger partial charge in [-0.2, -0.15) is 4.31 Å². The lowest BCUT2D eigenvalue weighted by atomic mass is 10.2. The van der Waals surface area contributed by atoms with Crippen LogP contribution in [0.25, 0.3) is 5.82 Å². The molecule has 0 radical (unpaired) electrons. The molecule has 0 spiro atoms. The van der Waals surface area contributed by atoms with Gasteiger partial charge in [0.2, 0.25) is 10.0 Å². The summed E-state index contributed by atoms with van der Waals surface area (Å²) in [5, 5.41) is 10.3. The van der Waals surface area contributed by atoms with E-state index in [0.717, 1.165) is 0 Å². The summed E-state index contributed by atoms with van der Waals surface area (Å²) in [5.74, 6) is 0.442. The zero-order chi connectivity index (χ0) is 18.6. The molecule has 3 rings (SSSR count). The highest BCUT2D eigenvalue weighted by Crippen LogP contribution is 2.06. The van der Waals surface area contributed by atoms with E-state index in [0.29, 0.717) is 50.6 Å². The minimum atomic E-state index is -3.12. The third-order valence-corrected chi connectivity index (χ3v) is 5.51. The van der Waals surface area contributed by atoms with Crippen LogP contribution in [0.1, 0.15) is 10.4 Å². The van der Waals surface area contributed by atoms with Crippen molar-refractivity contribution < 1.29 is 13.2 Å². The number of piperazine rings is 1. The smallest absolute Gasteiger partial charge is 0.252 e. The van der Waals surface area contributed by atoms with Crippen LogP contribution in [0, 0.1) is 0 Å². The van der Waals surface area contributed by atoms with E-state index in [4.69, 9.17) is 0 Å². The van der Waals surface area contributed by atoms with Gasteiger partial charge in [0.25, 0.3) is 5.91 Å². The normalized spacial score (nSPS) is 16.5. The van der Waals surface area contributed by atoms with Crippen LogP contribution in [0.4, 0.5) is 0 Å². The molecule has 0 unspecified atom stereocenters. The highest BCUT2D eigenvalue weighted by Gasteiger charge is 2.22. The van der Waals surface area contributed by atoms with Gasteiger partial charge in [0.1, 0.15) is 18.5 Å². The first-order chi connectivity index (χ1) is 12.4. The average Bonchev–Trinajstić information content (AvgIpc) is 3.16. The average molecular weight is 379 g/mol. The topological polar surface area (TPSA) is 113 Å². The van der Waals surface area contributed by atoms with Gasteiger partial charge in [-0.05, 0) is 12.1 Å². The highest BCUT2D eigenvalue weighted by atomic mass is 32.2. The van der Waals surface area contributed by atoms with E-state index in [1.807, 2.05) is 0 Å². The van der Waals surface area contributed by atoms with E-state index in [1.54, 1.807) is 16.7 Å². The van der Waals surface area contributed by atoms with Crippen molar-refractivity contribution in [1.29, 1.82) is 0 Å². The van der Waals surface area contributed by atoms with Gasteiger partial charge in [-0.3, -0.25) is 14.3 Å². The molecule has 1 saturated heterocycles. The van der Waals surface area contributed by atoms with Crippen LogP contribution in [0.2, 0.25) is 0 Å². The fourth-order valence-electron chi connectivity index (χ4n) is 2.71. The second-order valence-electron chi connectivity index (χ2n) is 6.03. The molecule has 10 nitrogen and oxygen atoms in total. The van der Waals surface area contributed by atoms with Crippen molar-refractivity contribution in [2.75, 3.05) is 45.5 Å². The Kier molecular flexibility index (Phi) is 5.59. The number of hydrogen-bond acceptors (Lipinski definition) is 7. The van der Waals surface area contributed by atoms with E-state index >= 15 is 0 Å². The number of nitrogens with zero attached hydrogens (tertiary/aromatic N) is 6. The molecule has 1 fully saturated rings. The molecule has 1 aliphatic rings. The first kappa shape index (κ1) is 18.4. The number of carbonyl (C=O) groups excluding carboxylic acids is 1. The van der Waals surface area contributed by atoms with Crippen LogP contribution in [-0.4, -0.2) is 88.8 Å². The summed E-state index contributed by atoms with van der Waals surface area (Å²) in [6.45, 7) is 3.47. The molecule has 140 valence electrons. The van der Waals surface area contributed by atoms with Crippen molar-refractivity contribution in [3.8, 4) is 5.82 Å². The second-order valence-corrected chi connectivity index (χ2v) is 8.02. The number of carbonyl (C=O) groups is 1. The molecule has 0 atom stereocenters. The van der Waals surface area contributed by atoms with E-state index in [9.17, 15) is 13.2 Å². The molecule has 3 heterocycles. The summed E-state index contributed by atoms with van der Waals surface area (Å²) in [4.78, 5) is 18.5. The molecular weight excluding hydrogens is 358 g/mol. The fourth-order valence-corrected chi connectivity index (χ4v) is 3.53. The van der Waals surface area contributed by atoms with Crippen molar-refractivity contribution in [2.24, 2.45) is 0 Å². The van der Waals surface area contributed by atoms with Gasteiger partial charge in [-0.25, -0.2) is 13.4 Å². The third-order valence-electron chi connectivity index (χ3n) is 4.21. The summed E-state index contributed by atoms with van der Waals surface area (Å²) < 4.78 is 26.1. The summed E-state index contributed by atoms with van der Waals surface area (Å²) in [7, 11) is -3.12. The van der Waals surface area contributed by atoms with Gasteiger partial charge in [-0.1, -0.05) is 0 Å². The zero-order valence-electron chi connectivity index (χ0n) is 14.4. The van der Waals surface area contributed by atoms with Crippen molar-refractivity contribution in [2.45, 2.75) is 0 Å². The van der Waals surface area contributed by atoms with Gasteiger partial charge in [0.05, 0.1) is 11.8 Å². The minimum absolute atomic E-state index is 0.192. The van der Waals surface area contributed by atoms with Crippen LogP contribution in [-0.2, 0) is 10.0 Å². The Hall–Kier alpha value is -2.37. The maximum absolute atomic E-state index is 12.2. The predicted molar refractivity (Wildman–Crippen MR) is 94.3 cm³/mol. The Labute approximate surface area is 151 Å². The van der Waals surface area contributed by atoms with Crippen molar-refractivity contribution in [1.82, 2.24) is 34.3 Å². The Morgan fingerprint density at radius 2 is 1.85 bits per heavy atom. The second kappa shape index (κ2) is 7.89. The van der Waals surface area contributed by atoms with Crippen LogP contribution < -0.4 is 5.32 Å². The molecule has 0 aliphatic carbocycles. The summed E-state index contributed by atoms with van der Waals surface area (Å²) in [5.41, 5.74) is 0.476. The number of pyridine rings is 1. The first-order valence-corrected chi connectivity index (χ1v) is 10.0. The van der Waals surface area contributed by atoms with Gasteiger partial charge in [0, 0.05) is 45.5 Å². The van der Waals surface area contributed by atoms with Crippen LogP contribution in [0.5, 0.6) is 0 Å². The fraction of sp³-hybridized carbons (Fsp3) is 0.467. The van der Waals surface area contributed by atoms with Gasteiger partial charge in [-0.15, -0.1) is 10.2 Å². The maximum Gasteiger partial charge on any atom is 0.252 e. The Balaban J connectivity index is 1.43. The quantitative estimate of drug-likeness (QED) is 0.683. The Morgan fingerprint density at radius 1 is 1.15 bits per heavy atom. The summed E-state index contributed by atoms with van der Waals surface area (Å²) in [6.07, 6.45) is 5.80. The van der Waals surface area contributed by atoms with Gasteiger partial charge >= 0.3 is 0 Å². The monoisotopic (exact) mass is 379 g/mol. The lowest BCUT2D eigenvalue weighted by molar-refractivity contribution is 0.0944. The van der Waals surface area contributed by atoms with Crippen LogP contribution in [0.15, 0.2) is 31.0 Å². The summed E-state index contributed by atoms with van der Waals surface area (Å²) >= 11 is 0. The molecule has 1 aliphatic heterocycles. The molecule has 1 amide bonds. The molecule has 26 heavy (non-hydrogen) atoms. The highest BCUT2D eigenvalue weighted by molar-refractivity contribution is 7.88. The largest absolute Gasteiger partial charge is 0.351 e. The Morgan fingerprint density at radius 3 is 2.42 bits per heavy atom. The van der Waals surface area contributed by atoms with Crippen molar-refractivity contribution >= 4 is 15.9 Å². The molecule has 1 N–H and O–H groups in total. The minimum Gasteiger partial charge on any atom is -0.351 e. The van der Waals surface area contributed by atoms with Crippen LogP contribution >= 0.6 is 0 Å².